The maximum atomic E-state index is 15.9. The number of fused-ring (bicyclic) bond motifs is 1. The van der Waals surface area contributed by atoms with Crippen molar-refractivity contribution in [3.63, 3.8) is 0 Å². The summed E-state index contributed by atoms with van der Waals surface area (Å²) in [4.78, 5) is 40.7. The highest BCUT2D eigenvalue weighted by molar-refractivity contribution is 5.98. The molecule has 232 valence electrons. The van der Waals surface area contributed by atoms with Gasteiger partial charge >= 0.3 is 6.09 Å². The van der Waals surface area contributed by atoms with Crippen LogP contribution in [0.15, 0.2) is 65.8 Å². The second kappa shape index (κ2) is 11.8. The summed E-state index contributed by atoms with van der Waals surface area (Å²) in [6.07, 6.45) is 4.22. The van der Waals surface area contributed by atoms with Crippen molar-refractivity contribution in [1.82, 2.24) is 34.2 Å². The lowest BCUT2D eigenvalue weighted by Gasteiger charge is -2.33. The fourth-order valence-electron chi connectivity index (χ4n) is 5.65. The number of anilines is 1. The molecule has 3 aromatic heterocycles. The van der Waals surface area contributed by atoms with Gasteiger partial charge in [-0.15, -0.1) is 0 Å². The molecule has 2 N–H and O–H groups in total. The zero-order valence-corrected chi connectivity index (χ0v) is 25.7. The average Bonchev–Trinajstić information content (AvgIpc) is 3.40. The van der Waals surface area contributed by atoms with Crippen LogP contribution >= 0.6 is 0 Å². The molecule has 0 bridgehead atoms. The molecule has 1 saturated heterocycles. The summed E-state index contributed by atoms with van der Waals surface area (Å²) in [6, 6.07) is 14.2. The predicted molar refractivity (Wildman–Crippen MR) is 169 cm³/mol. The van der Waals surface area contributed by atoms with Crippen LogP contribution in [0, 0.1) is 5.82 Å². The largest absolute Gasteiger partial charge is 0.444 e. The number of nitrogens with zero attached hydrogens (tertiary/aromatic N) is 7. The molecular formula is C33H35FN8O3. The van der Waals surface area contributed by atoms with E-state index in [1.807, 2.05) is 51.1 Å². The summed E-state index contributed by atoms with van der Waals surface area (Å²) < 4.78 is 24.7. The van der Waals surface area contributed by atoms with Crippen molar-refractivity contribution in [1.29, 1.82) is 0 Å². The first kappa shape index (κ1) is 29.9. The number of benzene rings is 2. The molecular weight excluding hydrogens is 575 g/mol. The van der Waals surface area contributed by atoms with Crippen molar-refractivity contribution < 1.29 is 13.9 Å². The highest BCUT2D eigenvalue weighted by Crippen LogP contribution is 2.36. The molecule has 1 aliphatic rings. The van der Waals surface area contributed by atoms with Crippen LogP contribution in [0.2, 0.25) is 0 Å². The summed E-state index contributed by atoms with van der Waals surface area (Å²) in [6.45, 7) is 6.47. The minimum atomic E-state index is -0.579. The molecule has 0 radical (unpaired) electrons. The van der Waals surface area contributed by atoms with Gasteiger partial charge in [0.05, 0.1) is 17.0 Å². The Labute approximate surface area is 259 Å². The Balaban J connectivity index is 1.29. The molecule has 2 aromatic carbocycles. The number of nitrogens with two attached hydrogens (primary N) is 1. The van der Waals surface area contributed by atoms with Gasteiger partial charge < -0.3 is 15.4 Å². The number of aromatic nitrogens is 6. The number of piperidine rings is 1. The molecule has 12 heteroatoms. The van der Waals surface area contributed by atoms with E-state index >= 15 is 4.39 Å². The molecule has 0 atom stereocenters. The number of ether oxygens (including phenoxy) is 1. The Hall–Kier alpha value is -5.13. The predicted octanol–water partition coefficient (Wildman–Crippen LogP) is 5.14. The fourth-order valence-corrected chi connectivity index (χ4v) is 5.65. The first-order chi connectivity index (χ1) is 21.5. The second-order valence-corrected chi connectivity index (χ2v) is 12.3. The van der Waals surface area contributed by atoms with Crippen LogP contribution in [-0.4, -0.2) is 59.0 Å². The third-order valence-corrected chi connectivity index (χ3v) is 7.99. The lowest BCUT2D eigenvalue weighted by Crippen LogP contribution is -2.42. The summed E-state index contributed by atoms with van der Waals surface area (Å²) in [5.41, 5.74) is 8.17. The maximum absolute atomic E-state index is 15.9. The van der Waals surface area contributed by atoms with E-state index in [-0.39, 0.29) is 34.6 Å². The van der Waals surface area contributed by atoms with Crippen LogP contribution in [0.5, 0.6) is 0 Å². The number of hydrogen-bond acceptors (Lipinski definition) is 8. The molecule has 0 saturated carbocycles. The highest BCUT2D eigenvalue weighted by atomic mass is 19.1. The molecule has 1 amide bonds. The zero-order valence-electron chi connectivity index (χ0n) is 25.7. The van der Waals surface area contributed by atoms with Crippen LogP contribution in [0.4, 0.5) is 15.0 Å². The van der Waals surface area contributed by atoms with Gasteiger partial charge in [-0.2, -0.15) is 5.10 Å². The number of carbonyl (C=O) groups is 1. The van der Waals surface area contributed by atoms with Gasteiger partial charge in [-0.05, 0) is 56.9 Å². The van der Waals surface area contributed by atoms with E-state index in [0.717, 1.165) is 5.56 Å². The standard InChI is InChI=1S/C33H35FN8O3/c1-33(2,3)45-32(44)41-14-12-22(13-15-41)42-30-27(29(35)37-19-38-30)28(39-42)23-11-10-21(17-25(23)34)24-18-36-26(40(4)31(24)43)16-20-8-6-5-7-9-20/h5-11,17-19,22H,12-16H2,1-4H3,(H2,35,37,38). The van der Waals surface area contributed by atoms with Crippen molar-refractivity contribution in [2.75, 3.05) is 18.8 Å². The molecule has 1 aliphatic heterocycles. The summed E-state index contributed by atoms with van der Waals surface area (Å²) in [5.74, 6) is 0.219. The molecule has 45 heavy (non-hydrogen) atoms. The lowest BCUT2D eigenvalue weighted by atomic mass is 10.0. The van der Waals surface area contributed by atoms with E-state index < -0.39 is 11.4 Å². The monoisotopic (exact) mass is 610 g/mol. The minimum absolute atomic E-state index is 0.0972. The topological polar surface area (TPSA) is 134 Å². The van der Waals surface area contributed by atoms with E-state index in [1.165, 1.54) is 23.2 Å². The van der Waals surface area contributed by atoms with E-state index in [0.29, 0.717) is 60.5 Å². The van der Waals surface area contributed by atoms with Crippen LogP contribution in [0.3, 0.4) is 0 Å². The second-order valence-electron chi connectivity index (χ2n) is 12.3. The number of rotatable bonds is 5. The average molecular weight is 611 g/mol. The van der Waals surface area contributed by atoms with Crippen LogP contribution < -0.4 is 11.3 Å². The van der Waals surface area contributed by atoms with E-state index in [2.05, 4.69) is 15.0 Å². The number of carbonyl (C=O) groups excluding carboxylic acids is 1. The number of amides is 1. The van der Waals surface area contributed by atoms with Gasteiger partial charge in [0.25, 0.3) is 5.56 Å². The highest BCUT2D eigenvalue weighted by Gasteiger charge is 2.30. The first-order valence-corrected chi connectivity index (χ1v) is 14.9. The fraction of sp³-hybridized carbons (Fsp3) is 0.333. The number of hydrogen-bond donors (Lipinski definition) is 1. The van der Waals surface area contributed by atoms with Gasteiger partial charge in [-0.3, -0.25) is 9.36 Å². The Bertz CT molecular complexity index is 1940. The van der Waals surface area contributed by atoms with Crippen LogP contribution in [0.1, 0.15) is 51.0 Å². The van der Waals surface area contributed by atoms with E-state index in [1.54, 1.807) is 28.8 Å². The van der Waals surface area contributed by atoms with Gasteiger partial charge in [0.15, 0.2) is 5.65 Å². The number of nitrogen functional groups attached to an aromatic ring is 1. The zero-order chi connectivity index (χ0) is 31.9. The normalized spacial score (nSPS) is 14.2. The summed E-state index contributed by atoms with van der Waals surface area (Å²) in [5, 5.41) is 5.25. The molecule has 0 spiro atoms. The van der Waals surface area contributed by atoms with Gasteiger partial charge in [0, 0.05) is 38.3 Å². The Kier molecular flexibility index (Phi) is 7.81. The van der Waals surface area contributed by atoms with Crippen molar-refractivity contribution in [2.45, 2.75) is 51.7 Å². The summed E-state index contributed by atoms with van der Waals surface area (Å²) in [7, 11) is 1.67. The Morgan fingerprint density at radius 3 is 2.47 bits per heavy atom. The summed E-state index contributed by atoms with van der Waals surface area (Å²) >= 11 is 0. The molecule has 0 aliphatic carbocycles. The molecule has 0 unspecified atom stereocenters. The Morgan fingerprint density at radius 1 is 1.04 bits per heavy atom. The van der Waals surface area contributed by atoms with Crippen molar-refractivity contribution in [2.24, 2.45) is 7.05 Å². The third-order valence-electron chi connectivity index (χ3n) is 7.99. The van der Waals surface area contributed by atoms with Gasteiger partial charge in [-0.1, -0.05) is 36.4 Å². The molecule has 4 heterocycles. The quantitative estimate of drug-likeness (QED) is 0.289. The Morgan fingerprint density at radius 2 is 1.78 bits per heavy atom. The van der Waals surface area contributed by atoms with Crippen LogP contribution in [-0.2, 0) is 18.2 Å². The first-order valence-electron chi connectivity index (χ1n) is 14.9. The smallest absolute Gasteiger partial charge is 0.410 e. The molecule has 11 nitrogen and oxygen atoms in total. The maximum Gasteiger partial charge on any atom is 0.410 e. The SMILES string of the molecule is Cn1c(Cc2ccccc2)ncc(-c2ccc(-c3nn(C4CCN(C(=O)OC(C)(C)C)CC4)c4ncnc(N)c34)c(F)c2)c1=O. The molecule has 1 fully saturated rings. The molecule has 6 rings (SSSR count). The van der Waals surface area contributed by atoms with E-state index in [9.17, 15) is 9.59 Å². The lowest BCUT2D eigenvalue weighted by molar-refractivity contribution is 0.0186. The van der Waals surface area contributed by atoms with Crippen LogP contribution in [0.25, 0.3) is 33.4 Å². The van der Waals surface area contributed by atoms with Gasteiger partial charge in [0.2, 0.25) is 0 Å². The number of likely N-dealkylation sites (tertiary alicyclic amines) is 1. The minimum Gasteiger partial charge on any atom is -0.444 e. The molecule has 5 aromatic rings. The van der Waals surface area contributed by atoms with Crippen molar-refractivity contribution >= 4 is 22.9 Å². The van der Waals surface area contributed by atoms with E-state index in [4.69, 9.17) is 15.6 Å². The number of halogens is 1. The van der Waals surface area contributed by atoms with Crippen molar-refractivity contribution in [3.8, 4) is 22.4 Å². The van der Waals surface area contributed by atoms with Crippen molar-refractivity contribution in [3.05, 3.63) is 88.6 Å². The van der Waals surface area contributed by atoms with Gasteiger partial charge in [-0.25, -0.2) is 28.8 Å². The third kappa shape index (κ3) is 6.00. The van der Waals surface area contributed by atoms with Gasteiger partial charge in [0.1, 0.15) is 35.1 Å².